The highest BCUT2D eigenvalue weighted by Crippen LogP contribution is 2.28. The monoisotopic (exact) mass is 398 g/mol. The van der Waals surface area contributed by atoms with Gasteiger partial charge in [0, 0.05) is 12.2 Å². The third kappa shape index (κ3) is 7.87. The number of amides is 1. The summed E-state index contributed by atoms with van der Waals surface area (Å²) in [5.41, 5.74) is 1.69. The number of nitrogens with zero attached hydrogens (tertiary/aromatic N) is 1. The summed E-state index contributed by atoms with van der Waals surface area (Å²) in [5, 5.41) is 2.81. The molecule has 2 aromatic carbocycles. The largest absolute Gasteiger partial charge is 0.494 e. The van der Waals surface area contributed by atoms with Crippen LogP contribution in [-0.4, -0.2) is 51.8 Å². The number of rotatable bonds is 11. The molecule has 1 N–H and O–H groups in total. The van der Waals surface area contributed by atoms with E-state index in [2.05, 4.69) is 10.2 Å². The molecule has 29 heavy (non-hydrogen) atoms. The third-order valence-electron chi connectivity index (χ3n) is 4.06. The zero-order chi connectivity index (χ0) is 21.1. The zero-order valence-corrected chi connectivity index (χ0v) is 17.6. The minimum atomic E-state index is -0.246. The standard InChI is InChI=1S/C23H30N2O4/c1-5-7-18-8-13-21(22(16-18)27-4)29-17-23(26)24-19-9-11-20(12-10-19)28-15-6-14-25(2)3/h5,7-13,16H,6,14-15,17H2,1-4H3,(H,24,26)/b7-5+. The van der Waals surface area contributed by atoms with E-state index in [4.69, 9.17) is 14.2 Å². The maximum atomic E-state index is 12.2. The van der Waals surface area contributed by atoms with Crippen LogP contribution in [0.25, 0.3) is 6.08 Å². The number of methoxy groups -OCH3 is 1. The molecule has 6 heteroatoms. The van der Waals surface area contributed by atoms with E-state index in [-0.39, 0.29) is 12.5 Å². The number of ether oxygens (including phenoxy) is 3. The SMILES string of the molecule is C/C=C/c1ccc(OCC(=O)Nc2ccc(OCCCN(C)C)cc2)c(OC)c1. The molecule has 0 saturated heterocycles. The minimum absolute atomic E-state index is 0.109. The van der Waals surface area contributed by atoms with Crippen LogP contribution in [0, 0.1) is 0 Å². The molecule has 1 amide bonds. The Labute approximate surface area is 173 Å². The molecule has 0 aliphatic carbocycles. The Balaban J connectivity index is 1.82. The average Bonchev–Trinajstić information content (AvgIpc) is 2.71. The molecule has 0 radical (unpaired) electrons. The molecule has 0 aliphatic rings. The highest BCUT2D eigenvalue weighted by Gasteiger charge is 2.09. The van der Waals surface area contributed by atoms with E-state index >= 15 is 0 Å². The number of hydrogen-bond donors (Lipinski definition) is 1. The number of benzene rings is 2. The van der Waals surface area contributed by atoms with Gasteiger partial charge >= 0.3 is 0 Å². The maximum absolute atomic E-state index is 12.2. The van der Waals surface area contributed by atoms with Gasteiger partial charge in [0.15, 0.2) is 18.1 Å². The molecule has 2 aromatic rings. The van der Waals surface area contributed by atoms with Crippen molar-refractivity contribution in [2.45, 2.75) is 13.3 Å². The molecular weight excluding hydrogens is 368 g/mol. The van der Waals surface area contributed by atoms with Gasteiger partial charge in [0.2, 0.25) is 0 Å². The summed E-state index contributed by atoms with van der Waals surface area (Å²) in [4.78, 5) is 14.3. The Morgan fingerprint density at radius 1 is 1.07 bits per heavy atom. The van der Waals surface area contributed by atoms with Gasteiger partial charge in [0.25, 0.3) is 5.91 Å². The lowest BCUT2D eigenvalue weighted by molar-refractivity contribution is -0.118. The van der Waals surface area contributed by atoms with Crippen LogP contribution in [-0.2, 0) is 4.79 Å². The summed E-state index contributed by atoms with van der Waals surface area (Å²) in [6, 6.07) is 12.9. The first-order chi connectivity index (χ1) is 14.0. The second kappa shape index (κ2) is 11.8. The Morgan fingerprint density at radius 3 is 2.48 bits per heavy atom. The van der Waals surface area contributed by atoms with Gasteiger partial charge in [-0.05, 0) is 69.4 Å². The summed E-state index contributed by atoms with van der Waals surface area (Å²) in [7, 11) is 5.65. The van der Waals surface area contributed by atoms with Crippen molar-refractivity contribution in [3.8, 4) is 17.2 Å². The molecule has 0 bridgehead atoms. The molecule has 6 nitrogen and oxygen atoms in total. The first-order valence-corrected chi connectivity index (χ1v) is 9.63. The Kier molecular flexibility index (Phi) is 9.05. The van der Waals surface area contributed by atoms with Crippen LogP contribution >= 0.6 is 0 Å². The highest BCUT2D eigenvalue weighted by atomic mass is 16.5. The summed E-state index contributed by atoms with van der Waals surface area (Å²) in [6.07, 6.45) is 4.87. The molecular formula is C23H30N2O4. The lowest BCUT2D eigenvalue weighted by Crippen LogP contribution is -2.20. The van der Waals surface area contributed by atoms with E-state index in [0.29, 0.717) is 23.8 Å². The second-order valence-corrected chi connectivity index (χ2v) is 6.78. The van der Waals surface area contributed by atoms with Gasteiger partial charge in [-0.3, -0.25) is 4.79 Å². The van der Waals surface area contributed by atoms with Gasteiger partial charge in [-0.25, -0.2) is 0 Å². The predicted molar refractivity (Wildman–Crippen MR) is 117 cm³/mol. The molecule has 156 valence electrons. The summed E-state index contributed by atoms with van der Waals surface area (Å²) in [6.45, 7) is 3.48. The van der Waals surface area contributed by atoms with Gasteiger partial charge in [0.1, 0.15) is 5.75 Å². The number of carbonyl (C=O) groups is 1. The van der Waals surface area contributed by atoms with E-state index in [1.807, 2.05) is 69.6 Å². The molecule has 0 unspecified atom stereocenters. The van der Waals surface area contributed by atoms with Crippen LogP contribution in [0.15, 0.2) is 48.5 Å². The molecule has 0 saturated carbocycles. The predicted octanol–water partition coefficient (Wildman–Crippen LogP) is 4.08. The van der Waals surface area contributed by atoms with Crippen LogP contribution in [0.3, 0.4) is 0 Å². The molecule has 0 heterocycles. The Bertz CT molecular complexity index is 801. The Hall–Kier alpha value is -2.99. The van der Waals surface area contributed by atoms with E-state index in [0.717, 1.165) is 24.3 Å². The maximum Gasteiger partial charge on any atom is 0.262 e. The van der Waals surface area contributed by atoms with E-state index < -0.39 is 0 Å². The lowest BCUT2D eigenvalue weighted by atomic mass is 10.2. The summed E-state index contributed by atoms with van der Waals surface area (Å²) in [5.74, 6) is 1.65. The first-order valence-electron chi connectivity index (χ1n) is 9.63. The van der Waals surface area contributed by atoms with Crippen LogP contribution in [0.4, 0.5) is 5.69 Å². The normalized spacial score (nSPS) is 10.9. The molecule has 0 fully saturated rings. The van der Waals surface area contributed by atoms with Crippen molar-refractivity contribution in [3.63, 3.8) is 0 Å². The summed E-state index contributed by atoms with van der Waals surface area (Å²) >= 11 is 0. The van der Waals surface area contributed by atoms with Crippen molar-refractivity contribution in [3.05, 3.63) is 54.1 Å². The van der Waals surface area contributed by atoms with Gasteiger partial charge < -0.3 is 24.4 Å². The quantitative estimate of drug-likeness (QED) is 0.578. The van der Waals surface area contributed by atoms with Crippen molar-refractivity contribution >= 4 is 17.7 Å². The van der Waals surface area contributed by atoms with Crippen LogP contribution in [0.2, 0.25) is 0 Å². The number of hydrogen-bond acceptors (Lipinski definition) is 5. The number of carbonyl (C=O) groups excluding carboxylic acids is 1. The second-order valence-electron chi connectivity index (χ2n) is 6.78. The van der Waals surface area contributed by atoms with Gasteiger partial charge in [-0.1, -0.05) is 18.2 Å². The first kappa shape index (κ1) is 22.3. The zero-order valence-electron chi connectivity index (χ0n) is 17.6. The minimum Gasteiger partial charge on any atom is -0.494 e. The Morgan fingerprint density at radius 2 is 1.83 bits per heavy atom. The van der Waals surface area contributed by atoms with E-state index in [1.54, 1.807) is 13.2 Å². The third-order valence-corrected chi connectivity index (χ3v) is 4.06. The van der Waals surface area contributed by atoms with Crippen LogP contribution in [0.1, 0.15) is 18.9 Å². The topological polar surface area (TPSA) is 60.0 Å². The number of nitrogens with one attached hydrogen (secondary N) is 1. The van der Waals surface area contributed by atoms with E-state index in [1.165, 1.54) is 0 Å². The fraction of sp³-hybridized carbons (Fsp3) is 0.348. The fourth-order valence-corrected chi connectivity index (χ4v) is 2.65. The van der Waals surface area contributed by atoms with Crippen molar-refractivity contribution in [2.75, 3.05) is 46.3 Å². The number of allylic oxidation sites excluding steroid dienone is 1. The molecule has 2 rings (SSSR count). The lowest BCUT2D eigenvalue weighted by Gasteiger charge is -2.12. The van der Waals surface area contributed by atoms with Crippen molar-refractivity contribution in [1.82, 2.24) is 4.90 Å². The van der Waals surface area contributed by atoms with Crippen LogP contribution in [0.5, 0.6) is 17.2 Å². The molecule has 0 atom stereocenters. The smallest absolute Gasteiger partial charge is 0.262 e. The van der Waals surface area contributed by atoms with Crippen molar-refractivity contribution < 1.29 is 19.0 Å². The molecule has 0 aromatic heterocycles. The molecule has 0 aliphatic heterocycles. The van der Waals surface area contributed by atoms with Gasteiger partial charge in [-0.2, -0.15) is 0 Å². The van der Waals surface area contributed by atoms with Crippen LogP contribution < -0.4 is 19.5 Å². The summed E-state index contributed by atoms with van der Waals surface area (Å²) < 4.78 is 16.6. The molecule has 0 spiro atoms. The van der Waals surface area contributed by atoms with Gasteiger partial charge in [-0.15, -0.1) is 0 Å². The van der Waals surface area contributed by atoms with Crippen molar-refractivity contribution in [1.29, 1.82) is 0 Å². The highest BCUT2D eigenvalue weighted by molar-refractivity contribution is 5.91. The van der Waals surface area contributed by atoms with E-state index in [9.17, 15) is 4.79 Å². The van der Waals surface area contributed by atoms with Gasteiger partial charge in [0.05, 0.1) is 13.7 Å². The fourth-order valence-electron chi connectivity index (χ4n) is 2.65. The van der Waals surface area contributed by atoms with Crippen molar-refractivity contribution in [2.24, 2.45) is 0 Å². The average molecular weight is 399 g/mol. The number of anilines is 1.